The van der Waals surface area contributed by atoms with Gasteiger partial charge in [0.1, 0.15) is 0 Å². The van der Waals surface area contributed by atoms with Crippen molar-refractivity contribution in [1.29, 1.82) is 0 Å². The molecule has 0 spiro atoms. The smallest absolute Gasteiger partial charge is 0.222 e. The fraction of sp³-hybridized carbons (Fsp3) is 0.923. The van der Waals surface area contributed by atoms with E-state index in [0.29, 0.717) is 5.91 Å². The Hall–Kier alpha value is -0.610. The number of rotatable bonds is 3. The van der Waals surface area contributed by atoms with E-state index in [2.05, 4.69) is 23.9 Å². The highest BCUT2D eigenvalue weighted by molar-refractivity contribution is 5.76. The molecule has 2 aliphatic heterocycles. The second kappa shape index (κ2) is 5.83. The molecule has 0 aromatic rings. The normalized spacial score (nSPS) is 27.6. The van der Waals surface area contributed by atoms with Crippen molar-refractivity contribution in [2.45, 2.75) is 19.3 Å². The Morgan fingerprint density at radius 2 is 1.76 bits per heavy atom. The number of likely N-dealkylation sites (tertiary alicyclic amines) is 1. The molecule has 1 atom stereocenters. The maximum atomic E-state index is 12.0. The van der Waals surface area contributed by atoms with Crippen LogP contribution in [0.4, 0.5) is 0 Å². The number of nitrogens with zero attached hydrogens (tertiary/aromatic N) is 3. The minimum Gasteiger partial charge on any atom is -0.340 e. The van der Waals surface area contributed by atoms with Crippen LogP contribution in [-0.4, -0.2) is 74.0 Å². The van der Waals surface area contributed by atoms with Gasteiger partial charge in [0.05, 0.1) is 0 Å². The second-order valence-corrected chi connectivity index (χ2v) is 5.64. The van der Waals surface area contributed by atoms with Gasteiger partial charge in [-0.3, -0.25) is 4.79 Å². The van der Waals surface area contributed by atoms with E-state index in [9.17, 15) is 4.79 Å². The molecular weight excluding hydrogens is 214 g/mol. The number of carbonyl (C=O) groups excluding carboxylic acids is 1. The number of piperazine rings is 1. The van der Waals surface area contributed by atoms with Crippen LogP contribution < -0.4 is 0 Å². The molecular formula is C13H25N3O. The number of carbonyl (C=O) groups is 1. The lowest BCUT2D eigenvalue weighted by Crippen LogP contribution is -2.47. The Bertz CT molecular complexity index is 261. The molecule has 0 aromatic heterocycles. The first-order valence-electron chi connectivity index (χ1n) is 6.80. The van der Waals surface area contributed by atoms with E-state index in [1.807, 2.05) is 4.90 Å². The molecule has 4 heteroatoms. The zero-order chi connectivity index (χ0) is 12.3. The summed E-state index contributed by atoms with van der Waals surface area (Å²) in [5.74, 6) is 1.11. The van der Waals surface area contributed by atoms with Gasteiger partial charge in [-0.15, -0.1) is 0 Å². The van der Waals surface area contributed by atoms with Crippen LogP contribution in [0.1, 0.15) is 19.3 Å². The van der Waals surface area contributed by atoms with Gasteiger partial charge in [-0.1, -0.05) is 0 Å². The van der Waals surface area contributed by atoms with Crippen molar-refractivity contribution in [1.82, 2.24) is 14.7 Å². The predicted octanol–water partition coefficient (Wildman–Crippen LogP) is 0.492. The highest BCUT2D eigenvalue weighted by Crippen LogP contribution is 2.20. The predicted molar refractivity (Wildman–Crippen MR) is 68.9 cm³/mol. The van der Waals surface area contributed by atoms with Crippen LogP contribution in [-0.2, 0) is 4.79 Å². The molecule has 2 heterocycles. The van der Waals surface area contributed by atoms with Crippen molar-refractivity contribution in [2.75, 3.05) is 53.4 Å². The van der Waals surface area contributed by atoms with Gasteiger partial charge in [0.15, 0.2) is 0 Å². The first kappa shape index (κ1) is 12.8. The minimum atomic E-state index is 0.368. The van der Waals surface area contributed by atoms with Crippen molar-refractivity contribution in [3.05, 3.63) is 0 Å². The van der Waals surface area contributed by atoms with Crippen LogP contribution in [0.2, 0.25) is 0 Å². The lowest BCUT2D eigenvalue weighted by Gasteiger charge is -2.32. The summed E-state index contributed by atoms with van der Waals surface area (Å²) in [6, 6.07) is 0. The van der Waals surface area contributed by atoms with E-state index in [4.69, 9.17) is 0 Å². The van der Waals surface area contributed by atoms with Gasteiger partial charge in [-0.25, -0.2) is 0 Å². The van der Waals surface area contributed by atoms with Crippen molar-refractivity contribution in [2.24, 2.45) is 5.92 Å². The summed E-state index contributed by atoms with van der Waals surface area (Å²) >= 11 is 0. The third kappa shape index (κ3) is 3.68. The first-order valence-corrected chi connectivity index (χ1v) is 6.80. The monoisotopic (exact) mass is 239 g/mol. The van der Waals surface area contributed by atoms with Gasteiger partial charge in [-0.05, 0) is 39.4 Å². The maximum absolute atomic E-state index is 12.0. The number of hydrogen-bond acceptors (Lipinski definition) is 3. The minimum absolute atomic E-state index is 0.368. The SMILES string of the molecule is CN1CCN(C(=O)CCC2CCN(C)C2)CC1. The van der Waals surface area contributed by atoms with E-state index in [1.165, 1.54) is 19.5 Å². The zero-order valence-corrected chi connectivity index (χ0v) is 11.2. The highest BCUT2D eigenvalue weighted by atomic mass is 16.2. The fourth-order valence-electron chi connectivity index (χ4n) is 2.80. The van der Waals surface area contributed by atoms with Crippen LogP contribution in [0.3, 0.4) is 0 Å². The molecule has 0 saturated carbocycles. The lowest BCUT2D eigenvalue weighted by atomic mass is 10.0. The van der Waals surface area contributed by atoms with Crippen LogP contribution in [0.5, 0.6) is 0 Å². The molecule has 2 rings (SSSR count). The molecule has 0 radical (unpaired) electrons. The molecule has 4 nitrogen and oxygen atoms in total. The Morgan fingerprint density at radius 3 is 2.35 bits per heavy atom. The first-order chi connectivity index (χ1) is 8.15. The average Bonchev–Trinajstić information content (AvgIpc) is 2.73. The number of likely N-dealkylation sites (N-methyl/N-ethyl adjacent to an activating group) is 1. The molecule has 2 saturated heterocycles. The third-order valence-corrected chi connectivity index (χ3v) is 4.11. The second-order valence-electron chi connectivity index (χ2n) is 5.64. The van der Waals surface area contributed by atoms with Crippen LogP contribution in [0, 0.1) is 5.92 Å². The summed E-state index contributed by atoms with van der Waals surface area (Å²) in [5.41, 5.74) is 0. The van der Waals surface area contributed by atoms with Crippen molar-refractivity contribution in [3.63, 3.8) is 0 Å². The van der Waals surface area contributed by atoms with Crippen LogP contribution in [0.15, 0.2) is 0 Å². The largest absolute Gasteiger partial charge is 0.340 e. The molecule has 1 unspecified atom stereocenters. The zero-order valence-electron chi connectivity index (χ0n) is 11.2. The van der Waals surface area contributed by atoms with E-state index in [-0.39, 0.29) is 0 Å². The number of amides is 1. The van der Waals surface area contributed by atoms with Gasteiger partial charge < -0.3 is 14.7 Å². The van der Waals surface area contributed by atoms with Crippen molar-refractivity contribution in [3.8, 4) is 0 Å². The molecule has 2 fully saturated rings. The van der Waals surface area contributed by atoms with Crippen LogP contribution in [0.25, 0.3) is 0 Å². The number of hydrogen-bond donors (Lipinski definition) is 0. The summed E-state index contributed by atoms with van der Waals surface area (Å²) in [7, 11) is 4.29. The lowest BCUT2D eigenvalue weighted by molar-refractivity contribution is -0.133. The van der Waals surface area contributed by atoms with Gasteiger partial charge in [0, 0.05) is 39.1 Å². The molecule has 0 bridgehead atoms. The van der Waals surface area contributed by atoms with Gasteiger partial charge in [0.2, 0.25) is 5.91 Å². The van der Waals surface area contributed by atoms with Gasteiger partial charge in [0.25, 0.3) is 0 Å². The van der Waals surface area contributed by atoms with E-state index < -0.39 is 0 Å². The molecule has 0 N–H and O–H groups in total. The Labute approximate surface area is 105 Å². The van der Waals surface area contributed by atoms with Crippen molar-refractivity contribution >= 4 is 5.91 Å². The van der Waals surface area contributed by atoms with Crippen LogP contribution >= 0.6 is 0 Å². The molecule has 98 valence electrons. The standard InChI is InChI=1S/C13H25N3O/c1-14-7-9-16(10-8-14)13(17)4-3-12-5-6-15(2)11-12/h12H,3-11H2,1-2H3. The third-order valence-electron chi connectivity index (χ3n) is 4.11. The fourth-order valence-corrected chi connectivity index (χ4v) is 2.80. The summed E-state index contributed by atoms with van der Waals surface area (Å²) < 4.78 is 0. The van der Waals surface area contributed by atoms with Crippen molar-refractivity contribution < 1.29 is 4.79 Å². The Morgan fingerprint density at radius 1 is 1.06 bits per heavy atom. The summed E-state index contributed by atoms with van der Waals surface area (Å²) in [6.45, 7) is 6.26. The van der Waals surface area contributed by atoms with E-state index in [0.717, 1.165) is 44.9 Å². The van der Waals surface area contributed by atoms with E-state index in [1.54, 1.807) is 0 Å². The molecule has 2 aliphatic rings. The maximum Gasteiger partial charge on any atom is 0.222 e. The average molecular weight is 239 g/mol. The Balaban J connectivity index is 1.67. The molecule has 17 heavy (non-hydrogen) atoms. The molecule has 0 aliphatic carbocycles. The highest BCUT2D eigenvalue weighted by Gasteiger charge is 2.23. The summed E-state index contributed by atoms with van der Waals surface area (Å²) in [6.07, 6.45) is 3.10. The van der Waals surface area contributed by atoms with Gasteiger partial charge >= 0.3 is 0 Å². The molecule has 0 aromatic carbocycles. The quantitative estimate of drug-likeness (QED) is 0.717. The van der Waals surface area contributed by atoms with E-state index >= 15 is 0 Å². The van der Waals surface area contributed by atoms with Gasteiger partial charge in [-0.2, -0.15) is 0 Å². The Kier molecular flexibility index (Phi) is 4.40. The molecule has 1 amide bonds. The summed E-state index contributed by atoms with van der Waals surface area (Å²) in [4.78, 5) is 18.7. The topological polar surface area (TPSA) is 26.8 Å². The summed E-state index contributed by atoms with van der Waals surface area (Å²) in [5, 5.41) is 0.